The van der Waals surface area contributed by atoms with E-state index < -0.39 is 0 Å². The smallest absolute Gasteiger partial charge is 0.0650 e. The van der Waals surface area contributed by atoms with Gasteiger partial charge in [0.25, 0.3) is 0 Å². The van der Waals surface area contributed by atoms with E-state index in [1.54, 1.807) is 17.1 Å². The number of hydrogen-bond acceptors (Lipinski definition) is 4. The maximum absolute atomic E-state index is 8.87. The lowest BCUT2D eigenvalue weighted by molar-refractivity contribution is 0.269. The monoisotopic (exact) mass is 283 g/mol. The predicted octanol–water partition coefficient (Wildman–Crippen LogP) is 1.88. The van der Waals surface area contributed by atoms with E-state index >= 15 is 0 Å². The summed E-state index contributed by atoms with van der Waals surface area (Å²) in [5.41, 5.74) is 4.20. The summed E-state index contributed by atoms with van der Waals surface area (Å²) < 4.78 is 1.73. The number of nitrogens with zero attached hydrogens (tertiary/aromatic N) is 3. The van der Waals surface area contributed by atoms with Gasteiger partial charge < -0.3 is 10.4 Å². The van der Waals surface area contributed by atoms with Crippen LogP contribution in [0.4, 0.5) is 5.69 Å². The van der Waals surface area contributed by atoms with E-state index in [1.807, 2.05) is 30.5 Å². The number of benzene rings is 1. The number of hydrogen-bond donors (Lipinski definition) is 3. The molecule has 0 atom stereocenters. The molecule has 2 heterocycles. The number of nitrogens with one attached hydrogen (secondary N) is 2. The number of aromatic nitrogens is 4. The number of aliphatic hydroxyl groups excluding tert-OH is 1. The maximum Gasteiger partial charge on any atom is 0.0650 e. The first kappa shape index (κ1) is 13.4. The van der Waals surface area contributed by atoms with E-state index in [0.29, 0.717) is 13.1 Å². The van der Waals surface area contributed by atoms with Crippen molar-refractivity contribution < 1.29 is 5.11 Å². The van der Waals surface area contributed by atoms with Gasteiger partial charge in [0.05, 0.1) is 25.0 Å². The highest BCUT2D eigenvalue weighted by Crippen LogP contribution is 2.20. The first-order valence-electron chi connectivity index (χ1n) is 6.81. The lowest BCUT2D eigenvalue weighted by atomic mass is 10.1. The minimum absolute atomic E-state index is 0.0980. The number of aromatic amines is 1. The summed E-state index contributed by atoms with van der Waals surface area (Å²) in [5.74, 6) is 0. The van der Waals surface area contributed by atoms with Gasteiger partial charge in [0.15, 0.2) is 0 Å². The van der Waals surface area contributed by atoms with E-state index in [2.05, 4.69) is 26.7 Å². The number of aliphatic hydroxyl groups is 1. The molecule has 0 fully saturated rings. The van der Waals surface area contributed by atoms with Crippen LogP contribution in [0.5, 0.6) is 0 Å². The fourth-order valence-electron chi connectivity index (χ4n) is 2.14. The van der Waals surface area contributed by atoms with E-state index in [4.69, 9.17) is 5.11 Å². The van der Waals surface area contributed by atoms with Gasteiger partial charge in [-0.25, -0.2) is 0 Å². The molecule has 6 heteroatoms. The number of anilines is 1. The molecule has 0 unspecified atom stereocenters. The Bertz CT molecular complexity index is 690. The molecule has 3 aromatic rings. The Balaban J connectivity index is 1.66. The van der Waals surface area contributed by atoms with Crippen molar-refractivity contribution in [2.75, 3.05) is 11.9 Å². The van der Waals surface area contributed by atoms with Crippen LogP contribution in [0.25, 0.3) is 11.3 Å². The Morgan fingerprint density at radius 1 is 1.29 bits per heavy atom. The molecule has 0 spiro atoms. The molecule has 108 valence electrons. The molecule has 3 rings (SSSR count). The zero-order valence-electron chi connectivity index (χ0n) is 11.5. The second kappa shape index (κ2) is 6.23. The molecule has 0 saturated heterocycles. The topological polar surface area (TPSA) is 78.8 Å². The summed E-state index contributed by atoms with van der Waals surface area (Å²) in [6.45, 7) is 1.31. The van der Waals surface area contributed by atoms with Crippen LogP contribution < -0.4 is 5.32 Å². The molecule has 0 saturated carbocycles. The summed E-state index contributed by atoms with van der Waals surface area (Å²) >= 11 is 0. The largest absolute Gasteiger partial charge is 0.394 e. The normalized spacial score (nSPS) is 10.7. The molecule has 21 heavy (non-hydrogen) atoms. The van der Waals surface area contributed by atoms with Crippen LogP contribution in [0.2, 0.25) is 0 Å². The average Bonchev–Trinajstić information content (AvgIpc) is 3.18. The second-order valence-electron chi connectivity index (χ2n) is 4.74. The molecule has 0 bridgehead atoms. The van der Waals surface area contributed by atoms with Gasteiger partial charge >= 0.3 is 0 Å². The minimum Gasteiger partial charge on any atom is -0.394 e. The van der Waals surface area contributed by atoms with Crippen molar-refractivity contribution in [3.63, 3.8) is 0 Å². The number of H-pyrrole nitrogens is 1. The zero-order chi connectivity index (χ0) is 14.5. The van der Waals surface area contributed by atoms with Gasteiger partial charge in [0, 0.05) is 35.8 Å². The molecule has 3 N–H and O–H groups in total. The Morgan fingerprint density at radius 3 is 3.05 bits per heavy atom. The van der Waals surface area contributed by atoms with Gasteiger partial charge in [0.1, 0.15) is 0 Å². The summed E-state index contributed by atoms with van der Waals surface area (Å²) in [6, 6.07) is 10.1. The van der Waals surface area contributed by atoms with Crippen molar-refractivity contribution in [2.24, 2.45) is 0 Å². The maximum atomic E-state index is 8.87. The van der Waals surface area contributed by atoms with E-state index in [9.17, 15) is 0 Å². The van der Waals surface area contributed by atoms with Crippen LogP contribution in [0.3, 0.4) is 0 Å². The van der Waals surface area contributed by atoms with Gasteiger partial charge in [-0.1, -0.05) is 12.1 Å². The molecule has 0 amide bonds. The first-order chi connectivity index (χ1) is 10.3. The Kier molecular flexibility index (Phi) is 3.97. The van der Waals surface area contributed by atoms with Crippen LogP contribution in [0, 0.1) is 0 Å². The van der Waals surface area contributed by atoms with Crippen molar-refractivity contribution >= 4 is 5.69 Å². The fraction of sp³-hybridized carbons (Fsp3) is 0.200. The summed E-state index contributed by atoms with van der Waals surface area (Å²) in [5, 5.41) is 23.3. The summed E-state index contributed by atoms with van der Waals surface area (Å²) in [6.07, 6.45) is 5.48. The Hall–Kier alpha value is -2.60. The fourth-order valence-corrected chi connectivity index (χ4v) is 2.14. The van der Waals surface area contributed by atoms with Crippen LogP contribution in [0.15, 0.2) is 48.9 Å². The van der Waals surface area contributed by atoms with E-state index in [0.717, 1.165) is 22.5 Å². The van der Waals surface area contributed by atoms with Crippen molar-refractivity contribution in [3.05, 3.63) is 54.5 Å². The summed E-state index contributed by atoms with van der Waals surface area (Å²) in [7, 11) is 0. The van der Waals surface area contributed by atoms with Crippen LogP contribution in [-0.4, -0.2) is 31.7 Å². The van der Waals surface area contributed by atoms with Gasteiger partial charge in [-0.05, 0) is 18.2 Å². The van der Waals surface area contributed by atoms with Crippen molar-refractivity contribution in [1.82, 2.24) is 20.0 Å². The average molecular weight is 283 g/mol. The van der Waals surface area contributed by atoms with Crippen molar-refractivity contribution in [1.29, 1.82) is 0 Å². The van der Waals surface area contributed by atoms with E-state index in [-0.39, 0.29) is 6.61 Å². The number of rotatable bonds is 6. The van der Waals surface area contributed by atoms with Gasteiger partial charge in [-0.15, -0.1) is 0 Å². The highest BCUT2D eigenvalue weighted by molar-refractivity contribution is 5.64. The van der Waals surface area contributed by atoms with Gasteiger partial charge in [-0.2, -0.15) is 10.2 Å². The van der Waals surface area contributed by atoms with Crippen molar-refractivity contribution in [2.45, 2.75) is 13.1 Å². The third kappa shape index (κ3) is 3.29. The second-order valence-corrected chi connectivity index (χ2v) is 4.74. The molecule has 0 radical (unpaired) electrons. The first-order valence-corrected chi connectivity index (χ1v) is 6.81. The third-order valence-electron chi connectivity index (χ3n) is 3.19. The highest BCUT2D eigenvalue weighted by atomic mass is 16.3. The van der Waals surface area contributed by atoms with Gasteiger partial charge in [0.2, 0.25) is 0 Å². The lowest BCUT2D eigenvalue weighted by Gasteiger charge is -2.06. The molecular weight excluding hydrogens is 266 g/mol. The van der Waals surface area contributed by atoms with E-state index in [1.165, 1.54) is 0 Å². The predicted molar refractivity (Wildman–Crippen MR) is 80.7 cm³/mol. The molecule has 6 nitrogen and oxygen atoms in total. The highest BCUT2D eigenvalue weighted by Gasteiger charge is 2.02. The van der Waals surface area contributed by atoms with Crippen LogP contribution in [0.1, 0.15) is 5.56 Å². The van der Waals surface area contributed by atoms with Gasteiger partial charge in [-0.3, -0.25) is 9.78 Å². The quantitative estimate of drug-likeness (QED) is 0.645. The van der Waals surface area contributed by atoms with Crippen LogP contribution >= 0.6 is 0 Å². The minimum atomic E-state index is 0.0980. The molecule has 0 aliphatic heterocycles. The van der Waals surface area contributed by atoms with Crippen molar-refractivity contribution in [3.8, 4) is 11.3 Å². The molecule has 0 aliphatic rings. The molecule has 1 aromatic carbocycles. The molecule has 2 aromatic heterocycles. The third-order valence-corrected chi connectivity index (χ3v) is 3.19. The lowest BCUT2D eigenvalue weighted by Crippen LogP contribution is -2.02. The van der Waals surface area contributed by atoms with Crippen LogP contribution in [-0.2, 0) is 13.1 Å². The molecular formula is C15H17N5O. The Morgan fingerprint density at radius 2 is 2.24 bits per heavy atom. The standard InChI is InChI=1S/C15H17N5O/c21-7-6-20-11-12(10-18-20)9-16-14-3-1-2-13(8-14)15-4-5-17-19-15/h1-5,8,10-11,16,21H,6-7,9H2,(H,17,19). The Labute approximate surface area is 122 Å². The molecule has 0 aliphatic carbocycles. The summed E-state index contributed by atoms with van der Waals surface area (Å²) in [4.78, 5) is 0. The zero-order valence-corrected chi connectivity index (χ0v) is 11.5. The SMILES string of the molecule is OCCn1cc(CNc2cccc(-c3ccn[nH]3)c2)cn1.